The first kappa shape index (κ1) is 14.1. The van der Waals surface area contributed by atoms with Gasteiger partial charge in [0.2, 0.25) is 0 Å². The Morgan fingerprint density at radius 3 is 2.45 bits per heavy atom. The summed E-state index contributed by atoms with van der Waals surface area (Å²) in [6, 6.07) is 9.08. The molecule has 1 aromatic heterocycles. The quantitative estimate of drug-likeness (QED) is 0.855. The van der Waals surface area contributed by atoms with Crippen molar-refractivity contribution in [1.82, 2.24) is 9.97 Å². The number of nitrogens with two attached hydrogens (primary N) is 1. The minimum absolute atomic E-state index is 0.00849. The first-order valence-corrected chi connectivity index (χ1v) is 6.35. The molecule has 0 aliphatic carbocycles. The number of hydrogen-bond donors (Lipinski definition) is 2. The summed E-state index contributed by atoms with van der Waals surface area (Å²) in [7, 11) is 0. The predicted octanol–water partition coefficient (Wildman–Crippen LogP) is 1.31. The van der Waals surface area contributed by atoms with E-state index in [1.54, 1.807) is 24.5 Å². The van der Waals surface area contributed by atoms with Gasteiger partial charge < -0.3 is 10.8 Å². The molecule has 0 fully saturated rings. The average molecular weight is 271 g/mol. The summed E-state index contributed by atoms with van der Waals surface area (Å²) in [6.45, 7) is 1.87. The minimum atomic E-state index is -1.20. The lowest BCUT2D eigenvalue weighted by molar-refractivity contribution is -0.143. The van der Waals surface area contributed by atoms with E-state index < -0.39 is 11.4 Å². The molecule has 0 radical (unpaired) electrons. The molecule has 0 spiro atoms. The van der Waals surface area contributed by atoms with Gasteiger partial charge in [0, 0.05) is 25.4 Å². The summed E-state index contributed by atoms with van der Waals surface area (Å²) >= 11 is 0. The summed E-state index contributed by atoms with van der Waals surface area (Å²) in [5.41, 5.74) is 6.23. The number of aromatic nitrogens is 2. The smallest absolute Gasteiger partial charge is 0.315 e. The molecule has 3 N–H and O–H groups in total. The number of benzene rings is 1. The Morgan fingerprint density at radius 2 is 1.90 bits per heavy atom. The lowest BCUT2D eigenvalue weighted by atomic mass is 9.75. The zero-order valence-electron chi connectivity index (χ0n) is 11.3. The topological polar surface area (TPSA) is 89.1 Å². The highest BCUT2D eigenvalue weighted by molar-refractivity contribution is 5.82. The highest BCUT2D eigenvalue weighted by atomic mass is 16.4. The van der Waals surface area contributed by atoms with Gasteiger partial charge in [-0.3, -0.25) is 4.79 Å². The number of hydrogen-bond acceptors (Lipinski definition) is 4. The average Bonchev–Trinajstić information content (AvgIpc) is 2.46. The molecular formula is C15H17N3O2. The third-order valence-corrected chi connectivity index (χ3v) is 3.50. The Balaban J connectivity index is 2.51. The molecule has 20 heavy (non-hydrogen) atoms. The van der Waals surface area contributed by atoms with Gasteiger partial charge in [0.15, 0.2) is 0 Å². The molecule has 104 valence electrons. The van der Waals surface area contributed by atoms with Gasteiger partial charge in [0.25, 0.3) is 0 Å². The highest BCUT2D eigenvalue weighted by Crippen LogP contribution is 2.29. The maximum absolute atomic E-state index is 11.9. The van der Waals surface area contributed by atoms with E-state index in [4.69, 9.17) is 5.73 Å². The zero-order valence-corrected chi connectivity index (χ0v) is 11.3. The Morgan fingerprint density at radius 1 is 1.25 bits per heavy atom. The van der Waals surface area contributed by atoms with Crippen molar-refractivity contribution < 1.29 is 9.90 Å². The summed E-state index contributed by atoms with van der Waals surface area (Å²) in [4.78, 5) is 20.1. The molecule has 1 unspecified atom stereocenters. The molecule has 1 atom stereocenters. The molecule has 0 bridgehead atoms. The predicted molar refractivity (Wildman–Crippen MR) is 75.3 cm³/mol. The molecule has 0 aliphatic heterocycles. The van der Waals surface area contributed by atoms with Crippen LogP contribution in [0, 0.1) is 6.92 Å². The van der Waals surface area contributed by atoms with Gasteiger partial charge in [-0.05, 0) is 24.1 Å². The Bertz CT molecular complexity index is 601. The van der Waals surface area contributed by atoms with Crippen molar-refractivity contribution in [3.63, 3.8) is 0 Å². The van der Waals surface area contributed by atoms with Crippen LogP contribution in [-0.2, 0) is 16.6 Å². The van der Waals surface area contributed by atoms with E-state index in [9.17, 15) is 9.90 Å². The second-order valence-electron chi connectivity index (χ2n) is 4.75. The molecule has 0 saturated heterocycles. The van der Waals surface area contributed by atoms with Crippen molar-refractivity contribution in [3.05, 3.63) is 59.7 Å². The lowest BCUT2D eigenvalue weighted by Crippen LogP contribution is -2.45. The number of carbonyl (C=O) groups is 1. The van der Waals surface area contributed by atoms with Gasteiger partial charge in [0.05, 0.1) is 0 Å². The fraction of sp³-hybridized carbons (Fsp3) is 0.267. The van der Waals surface area contributed by atoms with E-state index in [1.165, 1.54) is 0 Å². The monoisotopic (exact) mass is 271 g/mol. The molecule has 5 nitrogen and oxygen atoms in total. The van der Waals surface area contributed by atoms with Gasteiger partial charge in [-0.15, -0.1) is 0 Å². The molecule has 2 rings (SSSR count). The third-order valence-electron chi connectivity index (χ3n) is 3.50. The van der Waals surface area contributed by atoms with Crippen molar-refractivity contribution in [2.24, 2.45) is 5.73 Å². The van der Waals surface area contributed by atoms with E-state index in [2.05, 4.69) is 9.97 Å². The molecule has 5 heteroatoms. The van der Waals surface area contributed by atoms with Crippen LogP contribution in [0.15, 0.2) is 42.7 Å². The second kappa shape index (κ2) is 5.79. The van der Waals surface area contributed by atoms with E-state index >= 15 is 0 Å². The summed E-state index contributed by atoms with van der Waals surface area (Å²) in [5, 5.41) is 9.73. The third kappa shape index (κ3) is 2.53. The standard InChI is InChI=1S/C15H17N3O2/c1-11-5-2-3-6-12(11)15(10-16,14(19)20)9-13-17-7-4-8-18-13/h2-8H,9-10,16H2,1H3,(H,19,20). The Labute approximate surface area is 117 Å². The molecule has 1 aromatic carbocycles. The van der Waals surface area contributed by atoms with Gasteiger partial charge in [-0.25, -0.2) is 9.97 Å². The normalized spacial score (nSPS) is 13.7. The van der Waals surface area contributed by atoms with E-state index in [-0.39, 0.29) is 13.0 Å². The number of aliphatic carboxylic acids is 1. The second-order valence-corrected chi connectivity index (χ2v) is 4.75. The van der Waals surface area contributed by atoms with Crippen LogP contribution in [0.2, 0.25) is 0 Å². The van der Waals surface area contributed by atoms with Gasteiger partial charge in [-0.1, -0.05) is 24.3 Å². The first-order chi connectivity index (χ1) is 9.60. The number of carboxylic acids is 1. The first-order valence-electron chi connectivity index (χ1n) is 6.35. The molecule has 1 heterocycles. The summed E-state index contributed by atoms with van der Waals surface area (Å²) in [5.74, 6) is -0.481. The lowest BCUT2D eigenvalue weighted by Gasteiger charge is -2.29. The number of nitrogens with zero attached hydrogens (tertiary/aromatic N) is 2. The number of carboxylic acid groups (broad SMARTS) is 1. The van der Waals surface area contributed by atoms with E-state index in [0.717, 1.165) is 5.56 Å². The van der Waals surface area contributed by atoms with Crippen LogP contribution in [0.5, 0.6) is 0 Å². The van der Waals surface area contributed by atoms with E-state index in [1.807, 2.05) is 25.1 Å². The Kier molecular flexibility index (Phi) is 4.10. The molecule has 0 aliphatic rings. The van der Waals surface area contributed by atoms with Gasteiger partial charge >= 0.3 is 5.97 Å². The fourth-order valence-electron chi connectivity index (χ4n) is 2.36. The van der Waals surface area contributed by atoms with Crippen molar-refractivity contribution in [3.8, 4) is 0 Å². The van der Waals surface area contributed by atoms with Crippen molar-refractivity contribution in [2.75, 3.05) is 6.54 Å². The van der Waals surface area contributed by atoms with E-state index in [0.29, 0.717) is 11.4 Å². The number of aryl methyl sites for hydroxylation is 1. The van der Waals surface area contributed by atoms with Crippen LogP contribution >= 0.6 is 0 Å². The minimum Gasteiger partial charge on any atom is -0.481 e. The highest BCUT2D eigenvalue weighted by Gasteiger charge is 2.41. The Hall–Kier alpha value is -2.27. The zero-order chi connectivity index (χ0) is 14.6. The molecule has 0 amide bonds. The van der Waals surface area contributed by atoms with Crippen molar-refractivity contribution >= 4 is 5.97 Å². The molecular weight excluding hydrogens is 254 g/mol. The van der Waals surface area contributed by atoms with Crippen molar-refractivity contribution in [2.45, 2.75) is 18.8 Å². The fourth-order valence-corrected chi connectivity index (χ4v) is 2.36. The number of rotatable bonds is 5. The molecule has 2 aromatic rings. The van der Waals surface area contributed by atoms with Crippen LogP contribution in [0.4, 0.5) is 0 Å². The maximum Gasteiger partial charge on any atom is 0.315 e. The van der Waals surface area contributed by atoms with Crippen LogP contribution in [0.3, 0.4) is 0 Å². The van der Waals surface area contributed by atoms with Gasteiger partial charge in [0.1, 0.15) is 11.2 Å². The summed E-state index contributed by atoms with van der Waals surface area (Å²) in [6.07, 6.45) is 3.37. The summed E-state index contributed by atoms with van der Waals surface area (Å²) < 4.78 is 0. The van der Waals surface area contributed by atoms with Crippen LogP contribution < -0.4 is 5.73 Å². The maximum atomic E-state index is 11.9. The van der Waals surface area contributed by atoms with Crippen LogP contribution in [0.1, 0.15) is 17.0 Å². The van der Waals surface area contributed by atoms with Gasteiger partial charge in [-0.2, -0.15) is 0 Å². The largest absolute Gasteiger partial charge is 0.481 e. The molecule has 0 saturated carbocycles. The van der Waals surface area contributed by atoms with Crippen LogP contribution in [-0.4, -0.2) is 27.6 Å². The SMILES string of the molecule is Cc1ccccc1C(CN)(Cc1ncccn1)C(=O)O. The van der Waals surface area contributed by atoms with Crippen molar-refractivity contribution in [1.29, 1.82) is 0 Å². The van der Waals surface area contributed by atoms with Crippen LogP contribution in [0.25, 0.3) is 0 Å².